The van der Waals surface area contributed by atoms with E-state index in [1.807, 2.05) is 22.5 Å². The Hall–Kier alpha value is -3.58. The summed E-state index contributed by atoms with van der Waals surface area (Å²) in [6.07, 6.45) is 9.97. The van der Waals surface area contributed by atoms with Crippen LogP contribution in [0.25, 0.3) is 33.3 Å². The van der Waals surface area contributed by atoms with E-state index in [-0.39, 0.29) is 11.7 Å². The maximum absolute atomic E-state index is 13.1. The molecule has 0 bridgehead atoms. The summed E-state index contributed by atoms with van der Waals surface area (Å²) in [4.78, 5) is 26.5. The molecule has 4 aromatic rings. The van der Waals surface area contributed by atoms with Crippen LogP contribution in [0.2, 0.25) is 0 Å². The quantitative estimate of drug-likeness (QED) is 0.455. The first-order valence-electron chi connectivity index (χ1n) is 9.97. The van der Waals surface area contributed by atoms with Crippen LogP contribution in [-0.2, 0) is 4.79 Å². The molecule has 1 amide bonds. The highest BCUT2D eigenvalue weighted by Crippen LogP contribution is 2.28. The molecular weight excluding hydrogens is 411 g/mol. The van der Waals surface area contributed by atoms with Gasteiger partial charge < -0.3 is 9.88 Å². The molecule has 3 aromatic heterocycles. The Labute approximate surface area is 182 Å². The molecule has 5 rings (SSSR count). The number of H-pyrrole nitrogens is 1. The van der Waals surface area contributed by atoms with Crippen LogP contribution in [0, 0.1) is 5.82 Å². The van der Waals surface area contributed by atoms with E-state index in [4.69, 9.17) is 0 Å². The van der Waals surface area contributed by atoms with Crippen LogP contribution in [-0.4, -0.2) is 38.8 Å². The Morgan fingerprint density at radius 2 is 2.10 bits per heavy atom. The van der Waals surface area contributed by atoms with E-state index in [1.165, 1.54) is 29.0 Å². The van der Waals surface area contributed by atoms with Crippen LogP contribution in [0.5, 0.6) is 0 Å². The van der Waals surface area contributed by atoms with Crippen molar-refractivity contribution in [2.75, 3.05) is 13.1 Å². The number of carbonyl (C=O) groups is 1. The van der Waals surface area contributed by atoms with E-state index >= 15 is 0 Å². The van der Waals surface area contributed by atoms with Crippen LogP contribution in [0.1, 0.15) is 17.7 Å². The average molecular weight is 431 g/mol. The smallest absolute Gasteiger partial charge is 0.246 e. The number of nitrogens with zero attached hydrogens (tertiary/aromatic N) is 3. The Bertz CT molecular complexity index is 1300. The molecule has 0 saturated heterocycles. The number of carbonyl (C=O) groups excluding carboxylic acids is 1. The number of aromatic nitrogens is 3. The summed E-state index contributed by atoms with van der Waals surface area (Å²) < 4.78 is 13.1. The van der Waals surface area contributed by atoms with E-state index in [1.54, 1.807) is 30.5 Å². The maximum atomic E-state index is 13.1. The van der Waals surface area contributed by atoms with Crippen LogP contribution >= 0.6 is 11.3 Å². The van der Waals surface area contributed by atoms with Crippen molar-refractivity contribution in [3.05, 3.63) is 83.4 Å². The van der Waals surface area contributed by atoms with Crippen molar-refractivity contribution in [2.24, 2.45) is 0 Å². The van der Waals surface area contributed by atoms with Gasteiger partial charge in [0.25, 0.3) is 0 Å². The van der Waals surface area contributed by atoms with Gasteiger partial charge in [-0.05, 0) is 54.5 Å². The lowest BCUT2D eigenvalue weighted by atomic mass is 9.99. The molecule has 0 saturated carbocycles. The molecular formula is C24H19FN4OS. The number of aromatic amines is 1. The zero-order valence-electron chi connectivity index (χ0n) is 16.6. The van der Waals surface area contributed by atoms with Gasteiger partial charge in [0.1, 0.15) is 16.5 Å². The van der Waals surface area contributed by atoms with Gasteiger partial charge in [0.2, 0.25) is 5.91 Å². The minimum Gasteiger partial charge on any atom is -0.346 e. The highest BCUT2D eigenvalue weighted by molar-refractivity contribution is 7.13. The maximum Gasteiger partial charge on any atom is 0.246 e. The molecule has 0 fully saturated rings. The van der Waals surface area contributed by atoms with Crippen molar-refractivity contribution in [1.82, 2.24) is 19.9 Å². The SMILES string of the molecule is O=C(C=Cc1csc(-c2ccc(F)cc2)n1)N1CC=C(c2c[nH]c3ncccc23)CC1. The molecule has 31 heavy (non-hydrogen) atoms. The molecule has 154 valence electrons. The Morgan fingerprint density at radius 3 is 2.90 bits per heavy atom. The molecule has 1 N–H and O–H groups in total. The number of hydrogen-bond acceptors (Lipinski definition) is 4. The second kappa shape index (κ2) is 8.28. The topological polar surface area (TPSA) is 61.9 Å². The van der Waals surface area contributed by atoms with Crippen LogP contribution in [0.3, 0.4) is 0 Å². The number of thiazole rings is 1. The molecule has 5 nitrogen and oxygen atoms in total. The van der Waals surface area contributed by atoms with Gasteiger partial charge in [-0.1, -0.05) is 6.08 Å². The molecule has 7 heteroatoms. The summed E-state index contributed by atoms with van der Waals surface area (Å²) in [7, 11) is 0. The van der Waals surface area contributed by atoms with Gasteiger partial charge in [-0.15, -0.1) is 11.3 Å². The zero-order valence-corrected chi connectivity index (χ0v) is 17.4. The van der Waals surface area contributed by atoms with Gasteiger partial charge in [0, 0.05) is 53.5 Å². The largest absolute Gasteiger partial charge is 0.346 e. The van der Waals surface area contributed by atoms with Crippen molar-refractivity contribution < 1.29 is 9.18 Å². The summed E-state index contributed by atoms with van der Waals surface area (Å²) in [6.45, 7) is 1.24. The second-order valence-electron chi connectivity index (χ2n) is 7.28. The van der Waals surface area contributed by atoms with Gasteiger partial charge in [0.15, 0.2) is 0 Å². The summed E-state index contributed by atoms with van der Waals surface area (Å²) in [5.41, 5.74) is 4.84. The highest BCUT2D eigenvalue weighted by Gasteiger charge is 2.18. The number of pyridine rings is 1. The predicted octanol–water partition coefficient (Wildman–Crippen LogP) is 5.15. The lowest BCUT2D eigenvalue weighted by Gasteiger charge is -2.25. The van der Waals surface area contributed by atoms with E-state index in [0.717, 1.165) is 39.3 Å². The fraction of sp³-hybridized carbons (Fsp3) is 0.125. The van der Waals surface area contributed by atoms with Gasteiger partial charge in [-0.2, -0.15) is 0 Å². The number of fused-ring (bicyclic) bond motifs is 1. The molecule has 1 aliphatic heterocycles. The molecule has 0 aliphatic carbocycles. The number of rotatable bonds is 4. The lowest BCUT2D eigenvalue weighted by molar-refractivity contribution is -0.125. The number of halogens is 1. The van der Waals surface area contributed by atoms with Gasteiger partial charge in [-0.25, -0.2) is 14.4 Å². The average Bonchev–Trinajstić information content (AvgIpc) is 3.45. The van der Waals surface area contributed by atoms with Crippen LogP contribution < -0.4 is 0 Å². The van der Waals surface area contributed by atoms with E-state index < -0.39 is 0 Å². The van der Waals surface area contributed by atoms with Crippen molar-refractivity contribution in [2.45, 2.75) is 6.42 Å². The third kappa shape index (κ3) is 4.04. The molecule has 0 spiro atoms. The van der Waals surface area contributed by atoms with Crippen molar-refractivity contribution in [3.63, 3.8) is 0 Å². The monoisotopic (exact) mass is 430 g/mol. The minimum absolute atomic E-state index is 0.0350. The fourth-order valence-corrected chi connectivity index (χ4v) is 4.48. The van der Waals surface area contributed by atoms with Crippen molar-refractivity contribution >= 4 is 39.9 Å². The normalized spacial score (nSPS) is 14.4. The zero-order chi connectivity index (χ0) is 21.2. The first-order chi connectivity index (χ1) is 15.2. The molecule has 4 heterocycles. The number of nitrogens with one attached hydrogen (secondary N) is 1. The highest BCUT2D eigenvalue weighted by atomic mass is 32.1. The third-order valence-electron chi connectivity index (χ3n) is 5.33. The predicted molar refractivity (Wildman–Crippen MR) is 122 cm³/mol. The minimum atomic E-state index is -0.272. The first-order valence-corrected chi connectivity index (χ1v) is 10.9. The Balaban J connectivity index is 1.25. The molecule has 1 aliphatic rings. The molecule has 0 unspecified atom stereocenters. The van der Waals surface area contributed by atoms with Crippen LogP contribution in [0.15, 0.2) is 66.3 Å². The molecule has 1 aromatic carbocycles. The summed E-state index contributed by atoms with van der Waals surface area (Å²) in [5.74, 6) is -0.307. The Morgan fingerprint density at radius 1 is 1.23 bits per heavy atom. The first kappa shape index (κ1) is 19.4. The summed E-state index contributed by atoms with van der Waals surface area (Å²) in [6, 6.07) is 10.2. The van der Waals surface area contributed by atoms with E-state index in [2.05, 4.69) is 27.1 Å². The summed E-state index contributed by atoms with van der Waals surface area (Å²) >= 11 is 1.47. The number of amides is 1. The Kier molecular flexibility index (Phi) is 5.18. The third-order valence-corrected chi connectivity index (χ3v) is 6.24. The molecule has 0 atom stereocenters. The van der Waals surface area contributed by atoms with Gasteiger partial charge in [-0.3, -0.25) is 4.79 Å². The van der Waals surface area contributed by atoms with E-state index in [0.29, 0.717) is 13.1 Å². The number of hydrogen-bond donors (Lipinski definition) is 1. The van der Waals surface area contributed by atoms with E-state index in [9.17, 15) is 9.18 Å². The second-order valence-corrected chi connectivity index (χ2v) is 8.14. The summed E-state index contributed by atoms with van der Waals surface area (Å²) in [5, 5.41) is 3.79. The van der Waals surface area contributed by atoms with Gasteiger partial charge >= 0.3 is 0 Å². The van der Waals surface area contributed by atoms with Crippen molar-refractivity contribution in [1.29, 1.82) is 0 Å². The lowest BCUT2D eigenvalue weighted by Crippen LogP contribution is -2.33. The molecule has 0 radical (unpaired) electrons. The fourth-order valence-electron chi connectivity index (χ4n) is 3.69. The standard InChI is InChI=1S/C24H19FN4OS/c25-18-5-3-17(4-6-18)24-28-19(15-31-24)7-8-22(30)29-12-9-16(10-13-29)21-14-27-23-20(21)2-1-11-26-23/h1-9,11,14-15H,10,12-13H2,(H,26,27). The van der Waals surface area contributed by atoms with Crippen molar-refractivity contribution in [3.8, 4) is 10.6 Å². The van der Waals surface area contributed by atoms with Crippen LogP contribution in [0.4, 0.5) is 4.39 Å². The number of benzene rings is 1. The van der Waals surface area contributed by atoms with Gasteiger partial charge in [0.05, 0.1) is 5.69 Å².